The summed E-state index contributed by atoms with van der Waals surface area (Å²) in [7, 11) is 8.27. The lowest BCUT2D eigenvalue weighted by Gasteiger charge is -2.08. The average molecular weight is 288 g/mol. The highest BCUT2D eigenvalue weighted by molar-refractivity contribution is 8.13. The molecule has 0 bridgehead atoms. The quantitative estimate of drug-likeness (QED) is 0.237. The fourth-order valence-corrected chi connectivity index (χ4v) is 1.56. The minimum atomic E-state index is 0. The molecule has 0 saturated heterocycles. The molecule has 0 saturated carbocycles. The number of nitrogens with zero attached hydrogens (tertiary/aromatic N) is 2. The summed E-state index contributed by atoms with van der Waals surface area (Å²) in [6.07, 6.45) is 0. The van der Waals surface area contributed by atoms with Gasteiger partial charge in [-0.3, -0.25) is 9.48 Å². The maximum absolute atomic E-state index is 2.16. The number of amidine groups is 1. The van der Waals surface area contributed by atoms with E-state index in [-0.39, 0.29) is 24.0 Å². The summed E-state index contributed by atoms with van der Waals surface area (Å²) in [6.45, 7) is 2.16. The van der Waals surface area contributed by atoms with E-state index in [1.54, 1.807) is 0 Å². The van der Waals surface area contributed by atoms with Crippen molar-refractivity contribution in [2.24, 2.45) is 0 Å². The predicted molar refractivity (Wildman–Crippen MR) is 48.9 cm³/mol. The van der Waals surface area contributed by atoms with Crippen molar-refractivity contribution in [3.63, 3.8) is 0 Å². The molecular formula is C7H17IN2S. The van der Waals surface area contributed by atoms with Gasteiger partial charge in [0, 0.05) is 5.75 Å². The van der Waals surface area contributed by atoms with Crippen molar-refractivity contribution in [1.29, 1.82) is 0 Å². The molecule has 0 rings (SSSR count). The molecule has 0 aromatic rings. The second kappa shape index (κ2) is 7.21. The second-order valence-corrected chi connectivity index (χ2v) is 3.74. The molecule has 0 aliphatic heterocycles. The van der Waals surface area contributed by atoms with Crippen molar-refractivity contribution < 1.29 is 28.6 Å². The Morgan fingerprint density at radius 3 is 1.91 bits per heavy atom. The van der Waals surface area contributed by atoms with Gasteiger partial charge in [-0.25, -0.2) is 0 Å². The Balaban J connectivity index is 0. The Morgan fingerprint density at radius 1 is 1.36 bits per heavy atom. The Bertz CT molecular complexity index is 130. The van der Waals surface area contributed by atoms with Crippen LogP contribution in [0.4, 0.5) is 0 Å². The molecule has 0 spiro atoms. The molecule has 0 N–H and O–H groups in total. The zero-order chi connectivity index (χ0) is 8.15. The van der Waals surface area contributed by atoms with Gasteiger partial charge in [-0.1, -0.05) is 6.92 Å². The first-order chi connectivity index (χ1) is 4.59. The van der Waals surface area contributed by atoms with Gasteiger partial charge < -0.3 is 24.0 Å². The number of thioether (sulfide) groups is 1. The molecule has 0 aliphatic rings. The molecule has 0 unspecified atom stereocenters. The third-order valence-electron chi connectivity index (χ3n) is 1.04. The van der Waals surface area contributed by atoms with Gasteiger partial charge in [-0.2, -0.15) is 0 Å². The van der Waals surface area contributed by atoms with Gasteiger partial charge in [0.25, 0.3) is 0 Å². The van der Waals surface area contributed by atoms with Crippen LogP contribution in [0.25, 0.3) is 0 Å². The number of rotatable bonds is 1. The molecule has 68 valence electrons. The zero-order valence-electron chi connectivity index (χ0n) is 7.89. The first kappa shape index (κ1) is 14.1. The van der Waals surface area contributed by atoms with Crippen LogP contribution in [0.2, 0.25) is 0 Å². The number of hydrogen-bond acceptors (Lipinski definition) is 1. The summed E-state index contributed by atoms with van der Waals surface area (Å²) < 4.78 is 2.13. The van der Waals surface area contributed by atoms with E-state index in [2.05, 4.69) is 44.6 Å². The van der Waals surface area contributed by atoms with Gasteiger partial charge >= 0.3 is 5.17 Å². The van der Waals surface area contributed by atoms with E-state index in [1.807, 2.05) is 11.8 Å². The minimum Gasteiger partial charge on any atom is -1.00 e. The first-order valence-corrected chi connectivity index (χ1v) is 4.42. The average Bonchev–Trinajstić information content (AvgIpc) is 1.81. The molecule has 2 nitrogen and oxygen atoms in total. The molecule has 0 aromatic heterocycles. The van der Waals surface area contributed by atoms with Crippen molar-refractivity contribution in [3.05, 3.63) is 0 Å². The normalized spacial score (nSPS) is 8.45. The Labute approximate surface area is 91.1 Å². The summed E-state index contributed by atoms with van der Waals surface area (Å²) in [5.41, 5.74) is 0. The maximum atomic E-state index is 2.16. The van der Waals surface area contributed by atoms with E-state index in [4.69, 9.17) is 0 Å². The molecular weight excluding hydrogens is 271 g/mol. The highest BCUT2D eigenvalue weighted by atomic mass is 127. The topological polar surface area (TPSA) is 6.25 Å². The summed E-state index contributed by atoms with van der Waals surface area (Å²) in [5, 5.41) is 1.31. The van der Waals surface area contributed by atoms with Gasteiger partial charge in [-0.05, 0) is 11.8 Å². The van der Waals surface area contributed by atoms with Crippen LogP contribution in [-0.2, 0) is 0 Å². The van der Waals surface area contributed by atoms with Gasteiger partial charge in [0.15, 0.2) is 0 Å². The van der Waals surface area contributed by atoms with Crippen molar-refractivity contribution >= 4 is 16.9 Å². The largest absolute Gasteiger partial charge is 1.00 e. The lowest BCUT2D eigenvalue weighted by molar-refractivity contribution is -0.466. The highest BCUT2D eigenvalue weighted by Gasteiger charge is 2.09. The van der Waals surface area contributed by atoms with Crippen LogP contribution >= 0.6 is 11.8 Å². The van der Waals surface area contributed by atoms with Gasteiger partial charge in [0.05, 0.1) is 28.2 Å². The van der Waals surface area contributed by atoms with E-state index in [0.29, 0.717) is 0 Å². The summed E-state index contributed by atoms with van der Waals surface area (Å²) in [6, 6.07) is 0. The van der Waals surface area contributed by atoms with Crippen molar-refractivity contribution in [2.75, 3.05) is 33.9 Å². The van der Waals surface area contributed by atoms with Gasteiger partial charge in [0.2, 0.25) is 0 Å². The third-order valence-corrected chi connectivity index (χ3v) is 2.32. The van der Waals surface area contributed by atoms with Crippen LogP contribution in [0.3, 0.4) is 0 Å². The lowest BCUT2D eigenvalue weighted by atomic mass is 10.9. The van der Waals surface area contributed by atoms with Crippen LogP contribution in [0.1, 0.15) is 6.92 Å². The van der Waals surface area contributed by atoms with Crippen LogP contribution < -0.4 is 24.0 Å². The highest BCUT2D eigenvalue weighted by Crippen LogP contribution is 2.03. The lowest BCUT2D eigenvalue weighted by Crippen LogP contribution is -3.00. The number of halogens is 1. The van der Waals surface area contributed by atoms with Gasteiger partial charge in [-0.15, -0.1) is 0 Å². The molecule has 0 fully saturated rings. The molecule has 0 aromatic carbocycles. The van der Waals surface area contributed by atoms with Crippen molar-refractivity contribution in [2.45, 2.75) is 6.92 Å². The van der Waals surface area contributed by atoms with Crippen LogP contribution in [0, 0.1) is 0 Å². The van der Waals surface area contributed by atoms with E-state index in [0.717, 1.165) is 5.75 Å². The fourth-order valence-electron chi connectivity index (χ4n) is 0.787. The Kier molecular flexibility index (Phi) is 9.24. The van der Waals surface area contributed by atoms with Gasteiger partial charge in [0.1, 0.15) is 0 Å². The monoisotopic (exact) mass is 288 g/mol. The molecule has 0 aliphatic carbocycles. The summed E-state index contributed by atoms with van der Waals surface area (Å²) in [5.74, 6) is 1.13. The molecule has 0 heterocycles. The predicted octanol–water partition coefficient (Wildman–Crippen LogP) is -2.07. The summed E-state index contributed by atoms with van der Waals surface area (Å²) in [4.78, 5) is 2.13. The summed E-state index contributed by atoms with van der Waals surface area (Å²) >= 11 is 1.86. The third kappa shape index (κ3) is 5.78. The van der Waals surface area contributed by atoms with Crippen LogP contribution in [0.5, 0.6) is 0 Å². The smallest absolute Gasteiger partial charge is 0.307 e. The maximum Gasteiger partial charge on any atom is 0.307 e. The van der Waals surface area contributed by atoms with E-state index in [9.17, 15) is 0 Å². The molecule has 0 amide bonds. The zero-order valence-corrected chi connectivity index (χ0v) is 10.9. The van der Waals surface area contributed by atoms with E-state index < -0.39 is 0 Å². The Hall–Kier alpha value is 0.550. The second-order valence-electron chi connectivity index (χ2n) is 2.50. The minimum absolute atomic E-state index is 0. The van der Waals surface area contributed by atoms with Crippen molar-refractivity contribution in [1.82, 2.24) is 4.90 Å². The fraction of sp³-hybridized carbons (Fsp3) is 0.857. The van der Waals surface area contributed by atoms with Crippen molar-refractivity contribution in [3.8, 4) is 0 Å². The molecule has 4 heteroatoms. The Morgan fingerprint density at radius 2 is 1.82 bits per heavy atom. The van der Waals surface area contributed by atoms with Crippen LogP contribution in [-0.4, -0.2) is 48.6 Å². The molecule has 11 heavy (non-hydrogen) atoms. The first-order valence-electron chi connectivity index (χ1n) is 3.44. The van der Waals surface area contributed by atoms with E-state index >= 15 is 0 Å². The van der Waals surface area contributed by atoms with Crippen LogP contribution in [0.15, 0.2) is 0 Å². The molecule has 0 atom stereocenters. The van der Waals surface area contributed by atoms with E-state index in [1.165, 1.54) is 5.17 Å². The standard InChI is InChI=1S/C7H17N2S.HI/c1-6-10-7(8(2)3)9(4)5;/h6H2,1-5H3;1H/q+1;/p-1. The molecule has 0 radical (unpaired) electrons. The SMILES string of the molecule is CCSC(N(C)C)=[N+](C)C.[I-]. The number of hydrogen-bond donors (Lipinski definition) is 0.